The molecule has 122 valence electrons. The van der Waals surface area contributed by atoms with Crippen molar-refractivity contribution in [1.82, 2.24) is 10.2 Å². The Morgan fingerprint density at radius 1 is 1.27 bits per heavy atom. The van der Waals surface area contributed by atoms with E-state index in [2.05, 4.69) is 10.1 Å². The highest BCUT2D eigenvalue weighted by molar-refractivity contribution is 5.94. The standard InChI is InChI=1S/C15H18F2N2O2.ClH/c16-14(17)21-12-3-1-11(2-4-12)13(20)19-8-6-15(10-19)5-7-18-9-15;/h1-4,14,18H,5-10H2;1H. The van der Waals surface area contributed by atoms with Crippen LogP contribution >= 0.6 is 12.4 Å². The molecule has 2 saturated heterocycles. The highest BCUT2D eigenvalue weighted by Gasteiger charge is 2.41. The summed E-state index contributed by atoms with van der Waals surface area (Å²) in [7, 11) is 0. The van der Waals surface area contributed by atoms with Crippen molar-refractivity contribution in [3.8, 4) is 5.75 Å². The van der Waals surface area contributed by atoms with E-state index in [4.69, 9.17) is 0 Å². The topological polar surface area (TPSA) is 41.6 Å². The van der Waals surface area contributed by atoms with Crippen LogP contribution in [-0.2, 0) is 0 Å². The summed E-state index contributed by atoms with van der Waals surface area (Å²) in [5.74, 6) is 0.0295. The van der Waals surface area contributed by atoms with Crippen LogP contribution in [0.5, 0.6) is 5.75 Å². The minimum absolute atomic E-state index is 0. The summed E-state index contributed by atoms with van der Waals surface area (Å²) in [4.78, 5) is 14.3. The average molecular weight is 333 g/mol. The highest BCUT2D eigenvalue weighted by atomic mass is 35.5. The molecule has 1 atom stereocenters. The SMILES string of the molecule is Cl.O=C(c1ccc(OC(F)F)cc1)N1CCC2(CCNC2)C1. The third-order valence-corrected chi connectivity index (χ3v) is 4.38. The van der Waals surface area contributed by atoms with Gasteiger partial charge in [0.1, 0.15) is 5.75 Å². The molecule has 2 aliphatic heterocycles. The molecular weight excluding hydrogens is 314 g/mol. The Labute approximate surface area is 134 Å². The predicted octanol–water partition coefficient (Wildman–Crippen LogP) is 2.54. The lowest BCUT2D eigenvalue weighted by atomic mass is 9.86. The van der Waals surface area contributed by atoms with Crippen LogP contribution < -0.4 is 10.1 Å². The van der Waals surface area contributed by atoms with Gasteiger partial charge < -0.3 is 15.0 Å². The number of alkyl halides is 2. The third kappa shape index (κ3) is 3.50. The molecule has 1 aromatic carbocycles. The van der Waals surface area contributed by atoms with Gasteiger partial charge in [0, 0.05) is 30.6 Å². The molecular formula is C15H19ClF2N2O2. The molecule has 0 bridgehead atoms. The number of hydrogen-bond acceptors (Lipinski definition) is 3. The van der Waals surface area contributed by atoms with Gasteiger partial charge in [-0.25, -0.2) is 0 Å². The fourth-order valence-electron chi connectivity index (χ4n) is 3.21. The van der Waals surface area contributed by atoms with Crippen molar-refractivity contribution in [3.05, 3.63) is 29.8 Å². The van der Waals surface area contributed by atoms with Gasteiger partial charge in [0.05, 0.1) is 0 Å². The zero-order valence-corrected chi connectivity index (χ0v) is 12.9. The summed E-state index contributed by atoms with van der Waals surface area (Å²) in [6, 6.07) is 5.89. The van der Waals surface area contributed by atoms with E-state index >= 15 is 0 Å². The number of nitrogens with one attached hydrogen (secondary N) is 1. The number of rotatable bonds is 3. The number of benzene rings is 1. The van der Waals surface area contributed by atoms with Crippen LogP contribution in [0.15, 0.2) is 24.3 Å². The summed E-state index contributed by atoms with van der Waals surface area (Å²) in [6.07, 6.45) is 2.14. The molecule has 7 heteroatoms. The van der Waals surface area contributed by atoms with E-state index in [1.807, 2.05) is 4.90 Å². The maximum atomic E-state index is 12.4. The monoisotopic (exact) mass is 332 g/mol. The van der Waals surface area contributed by atoms with Crippen molar-refractivity contribution in [1.29, 1.82) is 0 Å². The van der Waals surface area contributed by atoms with E-state index in [1.165, 1.54) is 24.3 Å². The zero-order valence-electron chi connectivity index (χ0n) is 12.1. The Morgan fingerprint density at radius 2 is 2.00 bits per heavy atom. The smallest absolute Gasteiger partial charge is 0.387 e. The molecule has 0 saturated carbocycles. The summed E-state index contributed by atoms with van der Waals surface area (Å²) < 4.78 is 28.5. The zero-order chi connectivity index (χ0) is 14.9. The Balaban J connectivity index is 0.00000176. The molecule has 1 spiro atoms. The van der Waals surface area contributed by atoms with E-state index in [1.54, 1.807) is 0 Å². The minimum atomic E-state index is -2.85. The first-order chi connectivity index (χ1) is 10.1. The van der Waals surface area contributed by atoms with Crippen LogP contribution in [0.1, 0.15) is 23.2 Å². The first kappa shape index (κ1) is 17.0. The second kappa shape index (κ2) is 6.79. The molecule has 0 aromatic heterocycles. The largest absolute Gasteiger partial charge is 0.435 e. The fourth-order valence-corrected chi connectivity index (χ4v) is 3.21. The van der Waals surface area contributed by atoms with Crippen LogP contribution in [0.2, 0.25) is 0 Å². The molecule has 1 N–H and O–H groups in total. The normalized spacial score (nSPS) is 23.9. The van der Waals surface area contributed by atoms with Gasteiger partial charge in [0.25, 0.3) is 5.91 Å². The summed E-state index contributed by atoms with van der Waals surface area (Å²) >= 11 is 0. The van der Waals surface area contributed by atoms with Gasteiger partial charge in [-0.1, -0.05) is 0 Å². The number of carbonyl (C=O) groups is 1. The molecule has 1 aromatic rings. The first-order valence-electron chi connectivity index (χ1n) is 7.13. The van der Waals surface area contributed by atoms with Crippen molar-refractivity contribution in [2.24, 2.45) is 5.41 Å². The first-order valence-corrected chi connectivity index (χ1v) is 7.13. The molecule has 1 amide bonds. The predicted molar refractivity (Wildman–Crippen MR) is 80.8 cm³/mol. The van der Waals surface area contributed by atoms with Gasteiger partial charge in [-0.15, -0.1) is 12.4 Å². The summed E-state index contributed by atoms with van der Waals surface area (Å²) in [5, 5.41) is 3.35. The van der Waals surface area contributed by atoms with Crippen LogP contribution in [0.4, 0.5) is 8.78 Å². The fraction of sp³-hybridized carbons (Fsp3) is 0.533. The molecule has 4 nitrogen and oxygen atoms in total. The van der Waals surface area contributed by atoms with Gasteiger partial charge in [0.15, 0.2) is 0 Å². The Bertz CT molecular complexity index is 519. The summed E-state index contributed by atoms with van der Waals surface area (Å²) in [5.41, 5.74) is 0.744. The maximum Gasteiger partial charge on any atom is 0.387 e. The van der Waals surface area contributed by atoms with Gasteiger partial charge in [-0.3, -0.25) is 4.79 Å². The molecule has 0 radical (unpaired) electrons. The van der Waals surface area contributed by atoms with E-state index in [9.17, 15) is 13.6 Å². The second-order valence-corrected chi connectivity index (χ2v) is 5.81. The molecule has 22 heavy (non-hydrogen) atoms. The van der Waals surface area contributed by atoms with Gasteiger partial charge >= 0.3 is 6.61 Å². The summed E-state index contributed by atoms with van der Waals surface area (Å²) in [6.45, 7) is 0.670. The second-order valence-electron chi connectivity index (χ2n) is 5.81. The van der Waals surface area contributed by atoms with Crippen molar-refractivity contribution >= 4 is 18.3 Å². The molecule has 2 heterocycles. The minimum Gasteiger partial charge on any atom is -0.435 e. The third-order valence-electron chi connectivity index (χ3n) is 4.38. The van der Waals surface area contributed by atoms with Gasteiger partial charge in [0.2, 0.25) is 0 Å². The van der Waals surface area contributed by atoms with Crippen LogP contribution in [0.3, 0.4) is 0 Å². The van der Waals surface area contributed by atoms with Gasteiger partial charge in [-0.05, 0) is 43.7 Å². The molecule has 2 fully saturated rings. The van der Waals surface area contributed by atoms with E-state index < -0.39 is 6.61 Å². The number of carbonyl (C=O) groups excluding carboxylic acids is 1. The lowest BCUT2D eigenvalue weighted by molar-refractivity contribution is -0.0498. The quantitative estimate of drug-likeness (QED) is 0.925. The molecule has 0 aliphatic carbocycles. The Hall–Kier alpha value is -1.40. The number of amides is 1. The molecule has 2 aliphatic rings. The highest BCUT2D eigenvalue weighted by Crippen LogP contribution is 2.36. The van der Waals surface area contributed by atoms with Gasteiger partial charge in [-0.2, -0.15) is 8.78 Å². The average Bonchev–Trinajstić information content (AvgIpc) is 3.09. The van der Waals surface area contributed by atoms with E-state index in [-0.39, 0.29) is 29.5 Å². The van der Waals surface area contributed by atoms with Crippen LogP contribution in [-0.4, -0.2) is 43.6 Å². The van der Waals surface area contributed by atoms with Crippen LogP contribution in [0, 0.1) is 5.41 Å². The van der Waals surface area contributed by atoms with Crippen LogP contribution in [0.25, 0.3) is 0 Å². The number of likely N-dealkylation sites (tertiary alicyclic amines) is 1. The lowest BCUT2D eigenvalue weighted by Crippen LogP contribution is -2.33. The van der Waals surface area contributed by atoms with E-state index in [0.717, 1.165) is 39.0 Å². The Kier molecular flexibility index (Phi) is 5.24. The molecule has 1 unspecified atom stereocenters. The maximum absolute atomic E-state index is 12.4. The van der Waals surface area contributed by atoms with E-state index in [0.29, 0.717) is 5.56 Å². The lowest BCUT2D eigenvalue weighted by Gasteiger charge is -2.22. The number of ether oxygens (including phenoxy) is 1. The van der Waals surface area contributed by atoms with Crippen molar-refractivity contribution in [2.75, 3.05) is 26.2 Å². The van der Waals surface area contributed by atoms with Crippen molar-refractivity contribution in [2.45, 2.75) is 19.5 Å². The number of nitrogens with zero attached hydrogens (tertiary/aromatic N) is 1. The Morgan fingerprint density at radius 3 is 2.59 bits per heavy atom. The van der Waals surface area contributed by atoms with Crippen molar-refractivity contribution < 1.29 is 18.3 Å². The number of halogens is 3. The molecule has 3 rings (SSSR count). The number of hydrogen-bond donors (Lipinski definition) is 1. The van der Waals surface area contributed by atoms with Crippen molar-refractivity contribution in [3.63, 3.8) is 0 Å².